The Bertz CT molecular complexity index is 456. The van der Waals surface area contributed by atoms with Crippen LogP contribution < -0.4 is 5.32 Å². The highest BCUT2D eigenvalue weighted by Crippen LogP contribution is 2.22. The average Bonchev–Trinajstić information content (AvgIpc) is 2.74. The summed E-state index contributed by atoms with van der Waals surface area (Å²) in [5.74, 6) is -2.23. The van der Waals surface area contributed by atoms with Crippen molar-refractivity contribution in [3.05, 3.63) is 27.1 Å². The molecule has 1 rings (SSSR count). The Kier molecular flexibility index (Phi) is 4.16. The Morgan fingerprint density at radius 3 is 2.76 bits per heavy atom. The molecule has 17 heavy (non-hydrogen) atoms. The van der Waals surface area contributed by atoms with Gasteiger partial charge >= 0.3 is 11.0 Å². The van der Waals surface area contributed by atoms with E-state index in [2.05, 4.69) is 5.32 Å². The first kappa shape index (κ1) is 13.1. The maximum Gasteiger partial charge on any atom is 0.324 e. The largest absolute Gasteiger partial charge is 0.481 e. The van der Waals surface area contributed by atoms with Gasteiger partial charge in [-0.15, -0.1) is 0 Å². The fraction of sp³-hybridized carbons (Fsp3) is 0.333. The van der Waals surface area contributed by atoms with E-state index in [1.807, 2.05) is 0 Å². The second-order valence-corrected chi connectivity index (χ2v) is 4.27. The molecule has 8 heteroatoms. The van der Waals surface area contributed by atoms with Gasteiger partial charge in [0.25, 0.3) is 5.91 Å². The third-order valence-corrected chi connectivity index (χ3v) is 2.90. The molecule has 0 spiro atoms. The summed E-state index contributed by atoms with van der Waals surface area (Å²) in [6.07, 6.45) is 0. The van der Waals surface area contributed by atoms with Gasteiger partial charge in [-0.2, -0.15) is 0 Å². The van der Waals surface area contributed by atoms with Crippen molar-refractivity contribution < 1.29 is 19.6 Å². The third-order valence-electron chi connectivity index (χ3n) is 2.02. The molecule has 1 aromatic heterocycles. The number of rotatable bonds is 5. The Morgan fingerprint density at radius 1 is 1.65 bits per heavy atom. The smallest absolute Gasteiger partial charge is 0.324 e. The molecule has 1 unspecified atom stereocenters. The molecule has 0 aliphatic rings. The fourth-order valence-electron chi connectivity index (χ4n) is 0.975. The number of carboxylic acid groups (broad SMARTS) is 1. The molecule has 0 aromatic carbocycles. The highest BCUT2D eigenvalue weighted by molar-refractivity contribution is 7.13. The van der Waals surface area contributed by atoms with E-state index in [1.54, 1.807) is 0 Å². The predicted molar refractivity (Wildman–Crippen MR) is 60.1 cm³/mol. The molecule has 0 saturated carbocycles. The zero-order valence-corrected chi connectivity index (χ0v) is 9.69. The van der Waals surface area contributed by atoms with E-state index in [0.29, 0.717) is 0 Å². The molecule has 0 aliphatic heterocycles. The zero-order chi connectivity index (χ0) is 13.0. The lowest BCUT2D eigenvalue weighted by Crippen LogP contribution is -2.31. The van der Waals surface area contributed by atoms with E-state index in [-0.39, 0.29) is 17.1 Å². The molecule has 0 fully saturated rings. The van der Waals surface area contributed by atoms with Gasteiger partial charge in [-0.1, -0.05) is 18.3 Å². The SMILES string of the molecule is CC(CNC(=O)c1csc([N+](=O)[O-])c1)C(=O)O. The first-order valence-corrected chi connectivity index (χ1v) is 5.53. The van der Waals surface area contributed by atoms with Crippen molar-refractivity contribution in [2.45, 2.75) is 6.92 Å². The zero-order valence-electron chi connectivity index (χ0n) is 8.87. The fourth-order valence-corrected chi connectivity index (χ4v) is 1.68. The Hall–Kier alpha value is -1.96. The third kappa shape index (κ3) is 3.52. The number of nitro groups is 1. The van der Waals surface area contributed by atoms with Gasteiger partial charge in [0.05, 0.1) is 16.4 Å². The van der Waals surface area contributed by atoms with Crippen molar-refractivity contribution in [3.8, 4) is 0 Å². The van der Waals surface area contributed by atoms with Gasteiger partial charge in [0, 0.05) is 18.0 Å². The maximum absolute atomic E-state index is 11.5. The number of carbonyl (C=O) groups excluding carboxylic acids is 1. The minimum Gasteiger partial charge on any atom is -0.481 e. The lowest BCUT2D eigenvalue weighted by Gasteiger charge is -2.06. The van der Waals surface area contributed by atoms with E-state index < -0.39 is 22.7 Å². The van der Waals surface area contributed by atoms with Crippen LogP contribution in [0.5, 0.6) is 0 Å². The quantitative estimate of drug-likeness (QED) is 0.607. The monoisotopic (exact) mass is 258 g/mol. The second kappa shape index (κ2) is 5.39. The van der Waals surface area contributed by atoms with Crippen molar-refractivity contribution in [1.82, 2.24) is 5.32 Å². The molecule has 7 nitrogen and oxygen atoms in total. The number of aliphatic carboxylic acids is 1. The minimum atomic E-state index is -1.01. The van der Waals surface area contributed by atoms with Crippen LogP contribution in [0.4, 0.5) is 5.00 Å². The second-order valence-electron chi connectivity index (χ2n) is 3.38. The molecule has 0 radical (unpaired) electrons. The Morgan fingerprint density at radius 2 is 2.29 bits per heavy atom. The molecule has 0 bridgehead atoms. The molecule has 1 heterocycles. The van der Waals surface area contributed by atoms with E-state index in [0.717, 1.165) is 17.4 Å². The highest BCUT2D eigenvalue weighted by Gasteiger charge is 2.17. The van der Waals surface area contributed by atoms with Crippen molar-refractivity contribution in [1.29, 1.82) is 0 Å². The summed E-state index contributed by atoms with van der Waals surface area (Å²) in [5, 5.41) is 22.6. The first-order chi connectivity index (χ1) is 7.91. The number of thiophene rings is 1. The van der Waals surface area contributed by atoms with Gasteiger partial charge < -0.3 is 10.4 Å². The van der Waals surface area contributed by atoms with Crippen LogP contribution in [0.25, 0.3) is 0 Å². The van der Waals surface area contributed by atoms with Gasteiger partial charge in [-0.25, -0.2) is 0 Å². The number of hydrogen-bond donors (Lipinski definition) is 2. The standard InChI is InChI=1S/C9H10N2O5S/c1-5(9(13)14)3-10-8(12)6-2-7(11(15)16)17-4-6/h2,4-5H,3H2,1H3,(H,10,12)(H,13,14). The molecule has 1 atom stereocenters. The van der Waals surface area contributed by atoms with Gasteiger partial charge in [0.1, 0.15) is 0 Å². The van der Waals surface area contributed by atoms with E-state index >= 15 is 0 Å². The van der Waals surface area contributed by atoms with Crippen LogP contribution >= 0.6 is 11.3 Å². The van der Waals surface area contributed by atoms with Crippen LogP contribution in [0.2, 0.25) is 0 Å². The highest BCUT2D eigenvalue weighted by atomic mass is 32.1. The van der Waals surface area contributed by atoms with Gasteiger partial charge in [0.15, 0.2) is 0 Å². The lowest BCUT2D eigenvalue weighted by molar-refractivity contribution is -0.380. The number of carboxylic acids is 1. The lowest BCUT2D eigenvalue weighted by atomic mass is 10.2. The summed E-state index contributed by atoms with van der Waals surface area (Å²) in [6, 6.07) is 1.16. The summed E-state index contributed by atoms with van der Waals surface area (Å²) in [5.41, 5.74) is 0.166. The molecule has 0 aliphatic carbocycles. The predicted octanol–water partition coefficient (Wildman–Crippen LogP) is 1.11. The summed E-state index contributed by atoms with van der Waals surface area (Å²) in [7, 11) is 0. The van der Waals surface area contributed by atoms with E-state index in [9.17, 15) is 19.7 Å². The van der Waals surface area contributed by atoms with Crippen molar-refractivity contribution in [2.24, 2.45) is 5.92 Å². The van der Waals surface area contributed by atoms with E-state index in [1.165, 1.54) is 12.3 Å². The molecule has 92 valence electrons. The molecular formula is C9H10N2O5S. The summed E-state index contributed by atoms with van der Waals surface area (Å²) >= 11 is 0.850. The Labute approximate surface area is 100 Å². The maximum atomic E-state index is 11.5. The normalized spacial score (nSPS) is 11.8. The van der Waals surface area contributed by atoms with Crippen molar-refractivity contribution in [2.75, 3.05) is 6.54 Å². The van der Waals surface area contributed by atoms with Crippen LogP contribution in [-0.2, 0) is 4.79 Å². The van der Waals surface area contributed by atoms with Crippen LogP contribution in [0.15, 0.2) is 11.4 Å². The molecular weight excluding hydrogens is 248 g/mol. The summed E-state index contributed by atoms with van der Waals surface area (Å²) < 4.78 is 0. The molecule has 0 saturated heterocycles. The van der Waals surface area contributed by atoms with Gasteiger partial charge in [-0.05, 0) is 0 Å². The summed E-state index contributed by atoms with van der Waals surface area (Å²) in [6.45, 7) is 1.44. The topological polar surface area (TPSA) is 110 Å². The number of amides is 1. The van der Waals surface area contributed by atoms with Crippen molar-refractivity contribution in [3.63, 3.8) is 0 Å². The molecule has 1 aromatic rings. The Balaban J connectivity index is 2.58. The van der Waals surface area contributed by atoms with Crippen molar-refractivity contribution >= 4 is 28.2 Å². The number of nitrogens with zero attached hydrogens (tertiary/aromatic N) is 1. The van der Waals surface area contributed by atoms with Crippen LogP contribution in [0.3, 0.4) is 0 Å². The number of carbonyl (C=O) groups is 2. The minimum absolute atomic E-state index is 0.0161. The first-order valence-electron chi connectivity index (χ1n) is 4.65. The van der Waals surface area contributed by atoms with Gasteiger partial charge in [0.2, 0.25) is 0 Å². The van der Waals surface area contributed by atoms with Crippen LogP contribution in [-0.4, -0.2) is 28.5 Å². The number of nitrogens with one attached hydrogen (secondary N) is 1. The van der Waals surface area contributed by atoms with Crippen LogP contribution in [0, 0.1) is 16.0 Å². The summed E-state index contributed by atoms with van der Waals surface area (Å²) in [4.78, 5) is 31.8. The van der Waals surface area contributed by atoms with Crippen LogP contribution in [0.1, 0.15) is 17.3 Å². The molecule has 1 amide bonds. The average molecular weight is 258 g/mol. The number of hydrogen-bond acceptors (Lipinski definition) is 5. The van der Waals surface area contributed by atoms with Gasteiger partial charge in [-0.3, -0.25) is 19.7 Å². The molecule has 2 N–H and O–H groups in total. The van der Waals surface area contributed by atoms with E-state index in [4.69, 9.17) is 5.11 Å².